The average Bonchev–Trinajstić information content (AvgIpc) is 3.17. The number of alkyl halides is 3. The third kappa shape index (κ3) is 3.84. The molecule has 0 spiro atoms. The van der Waals surface area contributed by atoms with Gasteiger partial charge in [0.25, 0.3) is 0 Å². The van der Waals surface area contributed by atoms with Crippen molar-refractivity contribution in [1.29, 1.82) is 0 Å². The summed E-state index contributed by atoms with van der Waals surface area (Å²) in [4.78, 5) is 10.9. The van der Waals surface area contributed by atoms with Crippen LogP contribution in [0, 0.1) is 6.92 Å². The van der Waals surface area contributed by atoms with Crippen LogP contribution in [0.2, 0.25) is 0 Å². The molecule has 1 N–H and O–H groups in total. The van der Waals surface area contributed by atoms with E-state index in [0.29, 0.717) is 28.8 Å². The number of halogens is 3. The van der Waals surface area contributed by atoms with Gasteiger partial charge in [-0.15, -0.1) is 0 Å². The van der Waals surface area contributed by atoms with Crippen molar-refractivity contribution in [3.8, 4) is 11.4 Å². The first-order valence-electron chi connectivity index (χ1n) is 10.8. The van der Waals surface area contributed by atoms with E-state index in [-0.39, 0.29) is 5.52 Å². The van der Waals surface area contributed by atoms with E-state index in [2.05, 4.69) is 20.2 Å². The summed E-state index contributed by atoms with van der Waals surface area (Å²) < 4.78 is 44.1. The molecule has 8 heteroatoms. The standard InChI is InChI=1S/C24H24F3N5/c1-16-7-8-18-19(15-16)29-22(24(25,26)27)20-21(18)32(14-13-31-11-9-28-10-12-31)23(30-20)17-5-3-2-4-6-17/h2-8,15,28H,9-14H2,1H3. The molecule has 0 amide bonds. The maximum Gasteiger partial charge on any atom is 0.435 e. The van der Waals surface area contributed by atoms with Crippen LogP contribution in [-0.4, -0.2) is 52.2 Å². The number of hydrogen-bond acceptors (Lipinski definition) is 4. The van der Waals surface area contributed by atoms with Gasteiger partial charge in [0.15, 0.2) is 5.69 Å². The van der Waals surface area contributed by atoms with Crippen LogP contribution >= 0.6 is 0 Å². The lowest BCUT2D eigenvalue weighted by Gasteiger charge is -2.27. The highest BCUT2D eigenvalue weighted by Crippen LogP contribution is 2.38. The molecule has 5 rings (SSSR count). The summed E-state index contributed by atoms with van der Waals surface area (Å²) >= 11 is 0. The Balaban J connectivity index is 1.76. The minimum Gasteiger partial charge on any atom is -0.322 e. The highest BCUT2D eigenvalue weighted by molar-refractivity contribution is 6.05. The molecule has 0 saturated carbocycles. The maximum atomic E-state index is 14.0. The summed E-state index contributed by atoms with van der Waals surface area (Å²) in [7, 11) is 0. The van der Waals surface area contributed by atoms with Gasteiger partial charge in [-0.05, 0) is 18.6 Å². The van der Waals surface area contributed by atoms with Gasteiger partial charge in [-0.3, -0.25) is 4.90 Å². The molecule has 1 aliphatic heterocycles. The number of rotatable bonds is 4. The third-order valence-corrected chi connectivity index (χ3v) is 5.98. The Labute approximate surface area is 183 Å². The van der Waals surface area contributed by atoms with Gasteiger partial charge < -0.3 is 9.88 Å². The number of nitrogens with one attached hydrogen (secondary N) is 1. The lowest BCUT2D eigenvalue weighted by Crippen LogP contribution is -2.44. The summed E-state index contributed by atoms with van der Waals surface area (Å²) in [5, 5.41) is 4.02. The van der Waals surface area contributed by atoms with Crippen molar-refractivity contribution in [2.45, 2.75) is 19.6 Å². The molecule has 2 aromatic heterocycles. The summed E-state index contributed by atoms with van der Waals surface area (Å²) in [6, 6.07) is 14.9. The molecule has 4 aromatic rings. The number of aromatic nitrogens is 3. The van der Waals surface area contributed by atoms with E-state index < -0.39 is 11.9 Å². The largest absolute Gasteiger partial charge is 0.435 e. The number of imidazole rings is 1. The molecule has 0 atom stereocenters. The Morgan fingerprint density at radius 3 is 2.44 bits per heavy atom. The van der Waals surface area contributed by atoms with Crippen LogP contribution in [0.4, 0.5) is 13.2 Å². The highest BCUT2D eigenvalue weighted by atomic mass is 19.4. The molecule has 1 saturated heterocycles. The first-order chi connectivity index (χ1) is 15.4. The van der Waals surface area contributed by atoms with Crippen LogP contribution in [0.1, 0.15) is 11.3 Å². The lowest BCUT2D eigenvalue weighted by molar-refractivity contribution is -0.139. The smallest absolute Gasteiger partial charge is 0.322 e. The number of pyridine rings is 1. The number of aryl methyl sites for hydroxylation is 1. The van der Waals surface area contributed by atoms with Crippen molar-refractivity contribution in [2.75, 3.05) is 32.7 Å². The molecule has 2 aromatic carbocycles. The fourth-order valence-corrected chi connectivity index (χ4v) is 4.40. The molecule has 0 bridgehead atoms. The van der Waals surface area contributed by atoms with Crippen LogP contribution in [0.15, 0.2) is 48.5 Å². The van der Waals surface area contributed by atoms with Crippen molar-refractivity contribution in [1.82, 2.24) is 24.8 Å². The second kappa shape index (κ2) is 8.18. The van der Waals surface area contributed by atoms with Crippen LogP contribution in [0.3, 0.4) is 0 Å². The second-order valence-corrected chi connectivity index (χ2v) is 8.22. The van der Waals surface area contributed by atoms with E-state index in [1.807, 2.05) is 54.0 Å². The van der Waals surface area contributed by atoms with E-state index in [4.69, 9.17) is 0 Å². The number of hydrogen-bond donors (Lipinski definition) is 1. The predicted molar refractivity (Wildman–Crippen MR) is 120 cm³/mol. The molecule has 3 heterocycles. The Kier molecular flexibility index (Phi) is 5.35. The van der Waals surface area contributed by atoms with Gasteiger partial charge >= 0.3 is 6.18 Å². The van der Waals surface area contributed by atoms with Gasteiger partial charge in [0.05, 0.1) is 11.0 Å². The Hall–Kier alpha value is -2.97. The summed E-state index contributed by atoms with van der Waals surface area (Å²) in [6.07, 6.45) is -4.60. The van der Waals surface area contributed by atoms with Crippen molar-refractivity contribution in [3.63, 3.8) is 0 Å². The van der Waals surface area contributed by atoms with E-state index >= 15 is 0 Å². The van der Waals surface area contributed by atoms with E-state index in [9.17, 15) is 13.2 Å². The molecule has 5 nitrogen and oxygen atoms in total. The maximum absolute atomic E-state index is 14.0. The van der Waals surface area contributed by atoms with Crippen LogP contribution in [-0.2, 0) is 12.7 Å². The van der Waals surface area contributed by atoms with Crippen LogP contribution in [0.25, 0.3) is 33.3 Å². The Bertz CT molecular complexity index is 1260. The number of fused-ring (bicyclic) bond motifs is 3. The molecule has 0 aliphatic carbocycles. The predicted octanol–water partition coefficient (Wildman–Crippen LogP) is 4.48. The first kappa shape index (κ1) is 20.9. The molecular formula is C24H24F3N5. The molecule has 1 fully saturated rings. The van der Waals surface area contributed by atoms with Crippen molar-refractivity contribution < 1.29 is 13.2 Å². The summed E-state index contributed by atoms with van der Waals surface area (Å²) in [5.41, 5.74) is 1.48. The number of piperazine rings is 1. The average molecular weight is 439 g/mol. The fraction of sp³-hybridized carbons (Fsp3) is 0.333. The van der Waals surface area contributed by atoms with Gasteiger partial charge in [-0.2, -0.15) is 13.2 Å². The topological polar surface area (TPSA) is 46.0 Å². The second-order valence-electron chi connectivity index (χ2n) is 8.22. The highest BCUT2D eigenvalue weighted by Gasteiger charge is 2.37. The Morgan fingerprint density at radius 2 is 1.72 bits per heavy atom. The third-order valence-electron chi connectivity index (χ3n) is 5.98. The fourth-order valence-electron chi connectivity index (χ4n) is 4.40. The van der Waals surface area contributed by atoms with Crippen molar-refractivity contribution in [2.24, 2.45) is 0 Å². The SMILES string of the molecule is Cc1ccc2c(c1)nc(C(F)(F)F)c1nc(-c3ccccc3)n(CCN3CCNCC3)c12. The van der Waals surface area contributed by atoms with E-state index in [1.54, 1.807) is 6.07 Å². The first-order valence-corrected chi connectivity index (χ1v) is 10.8. The van der Waals surface area contributed by atoms with Gasteiger partial charge in [0, 0.05) is 50.2 Å². The van der Waals surface area contributed by atoms with Crippen LogP contribution in [0.5, 0.6) is 0 Å². The van der Waals surface area contributed by atoms with Gasteiger partial charge in [-0.25, -0.2) is 9.97 Å². The van der Waals surface area contributed by atoms with E-state index in [1.165, 1.54) is 0 Å². The molecule has 0 unspecified atom stereocenters. The zero-order chi connectivity index (χ0) is 22.3. The monoisotopic (exact) mass is 439 g/mol. The van der Waals surface area contributed by atoms with Gasteiger partial charge in [-0.1, -0.05) is 42.5 Å². The molecular weight excluding hydrogens is 415 g/mol. The minimum atomic E-state index is -4.60. The zero-order valence-corrected chi connectivity index (χ0v) is 17.8. The molecule has 32 heavy (non-hydrogen) atoms. The quantitative estimate of drug-likeness (QED) is 0.509. The minimum absolute atomic E-state index is 0.0898. The normalized spacial score (nSPS) is 15.6. The number of nitrogens with zero attached hydrogens (tertiary/aromatic N) is 4. The zero-order valence-electron chi connectivity index (χ0n) is 17.8. The van der Waals surface area contributed by atoms with E-state index in [0.717, 1.165) is 43.9 Å². The number of benzene rings is 2. The van der Waals surface area contributed by atoms with Crippen molar-refractivity contribution in [3.05, 3.63) is 59.8 Å². The van der Waals surface area contributed by atoms with Crippen molar-refractivity contribution >= 4 is 21.9 Å². The van der Waals surface area contributed by atoms with Gasteiger partial charge in [0.1, 0.15) is 11.3 Å². The Morgan fingerprint density at radius 1 is 0.969 bits per heavy atom. The van der Waals surface area contributed by atoms with Crippen LogP contribution < -0.4 is 5.32 Å². The summed E-state index contributed by atoms with van der Waals surface area (Å²) in [6.45, 7) is 6.82. The molecule has 0 radical (unpaired) electrons. The summed E-state index contributed by atoms with van der Waals surface area (Å²) in [5.74, 6) is 0.538. The lowest BCUT2D eigenvalue weighted by atomic mass is 10.1. The molecule has 1 aliphatic rings. The molecule has 166 valence electrons. The van der Waals surface area contributed by atoms with Gasteiger partial charge in [0.2, 0.25) is 0 Å².